The molecule has 0 saturated heterocycles. The number of carbonyl (C=O) groups is 1. The number of hydrogen-bond acceptors (Lipinski definition) is 3. The van der Waals surface area contributed by atoms with Gasteiger partial charge in [0, 0.05) is 10.6 Å². The zero-order chi connectivity index (χ0) is 17.0. The van der Waals surface area contributed by atoms with Crippen LogP contribution in [-0.2, 0) is 14.8 Å². The van der Waals surface area contributed by atoms with Gasteiger partial charge in [0.15, 0.2) is 0 Å². The third kappa shape index (κ3) is 4.49. The van der Waals surface area contributed by atoms with E-state index in [1.165, 1.54) is 19.2 Å². The highest BCUT2D eigenvalue weighted by molar-refractivity contribution is 14.1. The third-order valence-electron chi connectivity index (χ3n) is 3.04. The maximum absolute atomic E-state index is 12.9. The van der Waals surface area contributed by atoms with Crippen molar-refractivity contribution in [1.29, 1.82) is 0 Å². The number of likely N-dealkylation sites (N-methyl/N-ethyl adjacent to an activating group) is 1. The fourth-order valence-electron chi connectivity index (χ4n) is 1.83. The van der Waals surface area contributed by atoms with Gasteiger partial charge in [-0.1, -0.05) is 12.1 Å². The van der Waals surface area contributed by atoms with E-state index in [0.717, 1.165) is 20.0 Å². The molecule has 1 amide bonds. The fourth-order valence-corrected chi connectivity index (χ4v) is 3.48. The predicted molar refractivity (Wildman–Crippen MR) is 94.0 cm³/mol. The highest BCUT2D eigenvalue weighted by Gasteiger charge is 2.23. The van der Waals surface area contributed by atoms with Crippen molar-refractivity contribution >= 4 is 44.2 Å². The molecule has 2 rings (SSSR count). The van der Waals surface area contributed by atoms with Crippen LogP contribution in [-0.4, -0.2) is 32.2 Å². The molecule has 0 aliphatic heterocycles. The molecule has 1 N–H and O–H groups in total. The van der Waals surface area contributed by atoms with Gasteiger partial charge >= 0.3 is 0 Å². The van der Waals surface area contributed by atoms with Crippen LogP contribution in [0.25, 0.3) is 0 Å². The Bertz CT molecular complexity index is 810. The monoisotopic (exact) mass is 448 g/mol. The lowest BCUT2D eigenvalue weighted by Gasteiger charge is -2.17. The van der Waals surface area contributed by atoms with Crippen molar-refractivity contribution in [1.82, 2.24) is 4.31 Å². The average molecular weight is 448 g/mol. The van der Waals surface area contributed by atoms with Crippen molar-refractivity contribution in [3.8, 4) is 0 Å². The van der Waals surface area contributed by atoms with Gasteiger partial charge in [-0.05, 0) is 59.0 Å². The van der Waals surface area contributed by atoms with E-state index in [1.807, 2.05) is 12.1 Å². The summed E-state index contributed by atoms with van der Waals surface area (Å²) < 4.78 is 39.3. The molecule has 23 heavy (non-hydrogen) atoms. The molecule has 0 aliphatic carbocycles. The average Bonchev–Trinajstić information content (AvgIpc) is 2.50. The number of anilines is 1. The van der Waals surface area contributed by atoms with Crippen molar-refractivity contribution in [3.63, 3.8) is 0 Å². The summed E-state index contributed by atoms with van der Waals surface area (Å²) >= 11 is 2.07. The SMILES string of the molecule is CN(CC(=O)Nc1ccccc1I)S(=O)(=O)c1ccc(F)cc1. The van der Waals surface area contributed by atoms with Crippen molar-refractivity contribution in [3.05, 3.63) is 57.9 Å². The van der Waals surface area contributed by atoms with Crippen molar-refractivity contribution < 1.29 is 17.6 Å². The van der Waals surface area contributed by atoms with Crippen LogP contribution >= 0.6 is 22.6 Å². The predicted octanol–water partition coefficient (Wildman–Crippen LogP) is 2.69. The largest absolute Gasteiger partial charge is 0.324 e. The highest BCUT2D eigenvalue weighted by Crippen LogP contribution is 2.18. The van der Waals surface area contributed by atoms with Gasteiger partial charge in [0.05, 0.1) is 17.1 Å². The van der Waals surface area contributed by atoms with Crippen molar-refractivity contribution in [2.45, 2.75) is 4.90 Å². The standard InChI is InChI=1S/C15H14FIN2O3S/c1-19(23(21,22)12-8-6-11(16)7-9-12)10-15(20)18-14-5-3-2-4-13(14)17/h2-9H,10H2,1H3,(H,18,20). The first-order valence-electron chi connectivity index (χ1n) is 6.57. The molecule has 2 aromatic carbocycles. The number of rotatable bonds is 5. The second-order valence-corrected chi connectivity index (χ2v) is 7.95. The molecule has 0 unspecified atom stereocenters. The van der Waals surface area contributed by atoms with Gasteiger partial charge in [0.25, 0.3) is 0 Å². The summed E-state index contributed by atoms with van der Waals surface area (Å²) in [5, 5.41) is 2.66. The molecular weight excluding hydrogens is 434 g/mol. The molecule has 0 radical (unpaired) electrons. The minimum absolute atomic E-state index is 0.0662. The first kappa shape index (κ1) is 17.8. The second-order valence-electron chi connectivity index (χ2n) is 4.74. The molecule has 0 atom stereocenters. The van der Waals surface area contributed by atoms with Crippen LogP contribution in [0, 0.1) is 9.39 Å². The van der Waals surface area contributed by atoms with Crippen LogP contribution in [0.2, 0.25) is 0 Å². The minimum Gasteiger partial charge on any atom is -0.324 e. The quantitative estimate of drug-likeness (QED) is 0.716. The molecule has 122 valence electrons. The zero-order valence-corrected chi connectivity index (χ0v) is 15.1. The van der Waals surface area contributed by atoms with E-state index in [2.05, 4.69) is 27.9 Å². The van der Waals surface area contributed by atoms with E-state index < -0.39 is 21.7 Å². The number of para-hydroxylation sites is 1. The third-order valence-corrected chi connectivity index (χ3v) is 5.79. The zero-order valence-electron chi connectivity index (χ0n) is 12.2. The van der Waals surface area contributed by atoms with E-state index in [-0.39, 0.29) is 11.4 Å². The Morgan fingerprint density at radius 1 is 1.17 bits per heavy atom. The Morgan fingerprint density at radius 2 is 1.78 bits per heavy atom. The Hall–Kier alpha value is -1.52. The summed E-state index contributed by atoms with van der Waals surface area (Å²) in [6.07, 6.45) is 0. The van der Waals surface area contributed by atoms with Crippen LogP contribution in [0.5, 0.6) is 0 Å². The number of carbonyl (C=O) groups excluding carboxylic acids is 1. The number of sulfonamides is 1. The van der Waals surface area contributed by atoms with Gasteiger partial charge in [-0.25, -0.2) is 12.8 Å². The normalized spacial score (nSPS) is 11.5. The molecule has 0 saturated carbocycles. The summed E-state index contributed by atoms with van der Waals surface area (Å²) in [6, 6.07) is 11.6. The van der Waals surface area contributed by atoms with E-state index in [0.29, 0.717) is 5.69 Å². The van der Waals surface area contributed by atoms with Gasteiger partial charge in [0.2, 0.25) is 15.9 Å². The molecule has 0 heterocycles. The van der Waals surface area contributed by atoms with Gasteiger partial charge in [-0.2, -0.15) is 4.31 Å². The van der Waals surface area contributed by atoms with Crippen molar-refractivity contribution in [2.75, 3.05) is 18.9 Å². The Morgan fingerprint density at radius 3 is 2.39 bits per heavy atom. The summed E-state index contributed by atoms with van der Waals surface area (Å²) in [5.41, 5.74) is 0.616. The van der Waals surface area contributed by atoms with E-state index >= 15 is 0 Å². The van der Waals surface area contributed by atoms with Crippen LogP contribution in [0.15, 0.2) is 53.4 Å². The van der Waals surface area contributed by atoms with Crippen LogP contribution in [0.1, 0.15) is 0 Å². The van der Waals surface area contributed by atoms with Gasteiger partial charge < -0.3 is 5.32 Å². The molecule has 5 nitrogen and oxygen atoms in total. The minimum atomic E-state index is -3.85. The molecule has 0 aromatic heterocycles. The number of nitrogens with zero attached hydrogens (tertiary/aromatic N) is 1. The Kier molecular flexibility index (Phi) is 5.71. The summed E-state index contributed by atoms with van der Waals surface area (Å²) in [4.78, 5) is 12.0. The van der Waals surface area contributed by atoms with Gasteiger partial charge in [0.1, 0.15) is 5.82 Å². The topological polar surface area (TPSA) is 66.5 Å². The number of nitrogens with one attached hydrogen (secondary N) is 1. The molecule has 8 heteroatoms. The lowest BCUT2D eigenvalue weighted by molar-refractivity contribution is -0.116. The molecule has 0 aliphatic rings. The van der Waals surface area contributed by atoms with E-state index in [9.17, 15) is 17.6 Å². The second kappa shape index (κ2) is 7.37. The number of halogens is 2. The van der Waals surface area contributed by atoms with Crippen LogP contribution < -0.4 is 5.32 Å². The van der Waals surface area contributed by atoms with Gasteiger partial charge in [-0.15, -0.1) is 0 Å². The lowest BCUT2D eigenvalue weighted by Crippen LogP contribution is -2.35. The molecule has 0 fully saturated rings. The number of benzene rings is 2. The van der Waals surface area contributed by atoms with Crippen molar-refractivity contribution in [2.24, 2.45) is 0 Å². The summed E-state index contributed by atoms with van der Waals surface area (Å²) in [5.74, 6) is -0.981. The lowest BCUT2D eigenvalue weighted by atomic mass is 10.3. The van der Waals surface area contributed by atoms with E-state index in [1.54, 1.807) is 12.1 Å². The molecule has 2 aromatic rings. The van der Waals surface area contributed by atoms with Gasteiger partial charge in [-0.3, -0.25) is 4.79 Å². The van der Waals surface area contributed by atoms with E-state index in [4.69, 9.17) is 0 Å². The fraction of sp³-hybridized carbons (Fsp3) is 0.133. The highest BCUT2D eigenvalue weighted by atomic mass is 127. The molecule has 0 bridgehead atoms. The summed E-state index contributed by atoms with van der Waals surface area (Å²) in [7, 11) is -2.55. The number of amides is 1. The summed E-state index contributed by atoms with van der Waals surface area (Å²) in [6.45, 7) is -0.343. The first-order valence-corrected chi connectivity index (χ1v) is 9.09. The Balaban J connectivity index is 2.08. The molecular formula is C15H14FIN2O3S. The molecule has 0 spiro atoms. The first-order chi connectivity index (χ1) is 10.8. The Labute approximate surface area is 147 Å². The smallest absolute Gasteiger partial charge is 0.243 e. The maximum Gasteiger partial charge on any atom is 0.243 e. The van der Waals surface area contributed by atoms with Crippen LogP contribution in [0.3, 0.4) is 0 Å². The number of hydrogen-bond donors (Lipinski definition) is 1. The van der Waals surface area contributed by atoms with Crippen LogP contribution in [0.4, 0.5) is 10.1 Å². The maximum atomic E-state index is 12.9.